The van der Waals surface area contributed by atoms with Gasteiger partial charge in [-0.05, 0) is 23.3 Å². The standard InChI is InChI=1S/C19H19N5O2/c1-24-11-20-18(23-24)13-6-4-7-14(9-13)21-19(26)22-17-15-8-3-2-5-12(15)10-16(17)25/h2-9,11,16-17,25H,10H2,1H3,(H2,21,22,26)/t16-,17+/m0/s1. The molecule has 0 unspecified atom stereocenters. The van der Waals surface area contributed by atoms with Crippen molar-refractivity contribution in [2.45, 2.75) is 18.6 Å². The van der Waals surface area contributed by atoms with E-state index in [1.165, 1.54) is 0 Å². The first kappa shape index (κ1) is 16.3. The zero-order valence-electron chi connectivity index (χ0n) is 14.3. The summed E-state index contributed by atoms with van der Waals surface area (Å²) < 4.78 is 1.63. The van der Waals surface area contributed by atoms with E-state index >= 15 is 0 Å². The van der Waals surface area contributed by atoms with E-state index in [0.29, 0.717) is 17.9 Å². The van der Waals surface area contributed by atoms with Crippen LogP contribution in [0.25, 0.3) is 11.4 Å². The number of hydrogen-bond donors (Lipinski definition) is 3. The molecule has 2 aromatic carbocycles. The number of anilines is 1. The molecular weight excluding hydrogens is 330 g/mol. The van der Waals surface area contributed by atoms with E-state index in [-0.39, 0.29) is 6.03 Å². The first-order chi connectivity index (χ1) is 12.6. The van der Waals surface area contributed by atoms with Crippen LogP contribution < -0.4 is 10.6 Å². The van der Waals surface area contributed by atoms with Crippen molar-refractivity contribution >= 4 is 11.7 Å². The van der Waals surface area contributed by atoms with E-state index in [1.807, 2.05) is 42.5 Å². The largest absolute Gasteiger partial charge is 0.390 e. The average molecular weight is 349 g/mol. The summed E-state index contributed by atoms with van der Waals surface area (Å²) in [6.45, 7) is 0. The molecule has 0 saturated heterocycles. The third-order valence-corrected chi connectivity index (χ3v) is 4.47. The number of urea groups is 1. The van der Waals surface area contributed by atoms with Crippen molar-refractivity contribution in [2.75, 3.05) is 5.32 Å². The maximum atomic E-state index is 12.4. The molecule has 0 fully saturated rings. The second-order valence-electron chi connectivity index (χ2n) is 6.37. The number of nitrogens with one attached hydrogen (secondary N) is 2. The number of aliphatic hydroxyl groups is 1. The number of carbonyl (C=O) groups excluding carboxylic acids is 1. The van der Waals surface area contributed by atoms with Crippen molar-refractivity contribution in [3.05, 3.63) is 66.0 Å². The van der Waals surface area contributed by atoms with Gasteiger partial charge >= 0.3 is 6.03 Å². The fourth-order valence-electron chi connectivity index (χ4n) is 3.26. The Balaban J connectivity index is 1.47. The predicted molar refractivity (Wildman–Crippen MR) is 97.5 cm³/mol. The van der Waals surface area contributed by atoms with Crippen molar-refractivity contribution in [2.24, 2.45) is 7.05 Å². The highest BCUT2D eigenvalue weighted by Crippen LogP contribution is 2.31. The number of benzene rings is 2. The van der Waals surface area contributed by atoms with Crippen LogP contribution in [0.2, 0.25) is 0 Å². The maximum absolute atomic E-state index is 12.4. The van der Waals surface area contributed by atoms with Gasteiger partial charge in [0.15, 0.2) is 5.82 Å². The van der Waals surface area contributed by atoms with E-state index in [9.17, 15) is 9.90 Å². The lowest BCUT2D eigenvalue weighted by atomic mass is 10.1. The van der Waals surface area contributed by atoms with Crippen molar-refractivity contribution in [3.8, 4) is 11.4 Å². The summed E-state index contributed by atoms with van der Waals surface area (Å²) in [5.41, 5.74) is 3.47. The summed E-state index contributed by atoms with van der Waals surface area (Å²) in [5.74, 6) is 0.594. The number of amides is 2. The van der Waals surface area contributed by atoms with Gasteiger partial charge in [-0.3, -0.25) is 4.68 Å². The lowest BCUT2D eigenvalue weighted by molar-refractivity contribution is 0.144. The van der Waals surface area contributed by atoms with Crippen LogP contribution >= 0.6 is 0 Å². The summed E-state index contributed by atoms with van der Waals surface area (Å²) in [5, 5.41) is 20.2. The quantitative estimate of drug-likeness (QED) is 0.676. The highest BCUT2D eigenvalue weighted by atomic mass is 16.3. The average Bonchev–Trinajstić information content (AvgIpc) is 3.19. The Morgan fingerprint density at radius 2 is 2.08 bits per heavy atom. The number of hydrogen-bond acceptors (Lipinski definition) is 4. The van der Waals surface area contributed by atoms with Crippen LogP contribution in [-0.4, -0.2) is 32.0 Å². The molecule has 0 saturated carbocycles. The Bertz CT molecular complexity index is 952. The lowest BCUT2D eigenvalue weighted by Gasteiger charge is -2.18. The van der Waals surface area contributed by atoms with Crippen molar-refractivity contribution in [1.29, 1.82) is 0 Å². The second kappa shape index (κ2) is 6.61. The molecule has 3 aromatic rings. The van der Waals surface area contributed by atoms with E-state index in [4.69, 9.17) is 0 Å². The molecule has 0 aliphatic heterocycles. The topological polar surface area (TPSA) is 92.1 Å². The number of fused-ring (bicyclic) bond motifs is 1. The fourth-order valence-corrected chi connectivity index (χ4v) is 3.26. The van der Waals surface area contributed by atoms with Crippen LogP contribution in [0, 0.1) is 0 Å². The molecule has 7 nitrogen and oxygen atoms in total. The van der Waals surface area contributed by atoms with Gasteiger partial charge in [0.25, 0.3) is 0 Å². The Kier molecular flexibility index (Phi) is 4.14. The number of carbonyl (C=O) groups is 1. The first-order valence-electron chi connectivity index (χ1n) is 8.39. The zero-order chi connectivity index (χ0) is 18.1. The third-order valence-electron chi connectivity index (χ3n) is 4.47. The van der Waals surface area contributed by atoms with Crippen LogP contribution in [0.3, 0.4) is 0 Å². The molecular formula is C19H19N5O2. The molecule has 1 heterocycles. The normalized spacial score (nSPS) is 18.4. The Morgan fingerprint density at radius 3 is 2.88 bits per heavy atom. The third kappa shape index (κ3) is 3.16. The lowest BCUT2D eigenvalue weighted by Crippen LogP contribution is -2.36. The molecule has 0 radical (unpaired) electrons. The minimum absolute atomic E-state index is 0.364. The SMILES string of the molecule is Cn1cnc(-c2cccc(NC(=O)N[C@@H]3c4ccccc4C[C@@H]3O)c2)n1. The first-order valence-corrected chi connectivity index (χ1v) is 8.39. The molecule has 132 valence electrons. The summed E-state index contributed by atoms with van der Waals surface area (Å²) in [4.78, 5) is 16.6. The van der Waals surface area contributed by atoms with Crippen LogP contribution in [0.15, 0.2) is 54.9 Å². The highest BCUT2D eigenvalue weighted by Gasteiger charge is 2.31. The van der Waals surface area contributed by atoms with Gasteiger partial charge in [0.1, 0.15) is 6.33 Å². The molecule has 2 amide bonds. The summed E-state index contributed by atoms with van der Waals surface area (Å²) >= 11 is 0. The maximum Gasteiger partial charge on any atom is 0.319 e. The monoisotopic (exact) mass is 349 g/mol. The minimum atomic E-state index is -0.623. The smallest absolute Gasteiger partial charge is 0.319 e. The Labute approximate surface area is 150 Å². The van der Waals surface area contributed by atoms with Crippen LogP contribution in [0.5, 0.6) is 0 Å². The van der Waals surface area contributed by atoms with Gasteiger partial charge in [0.2, 0.25) is 0 Å². The number of aryl methyl sites for hydroxylation is 1. The van der Waals surface area contributed by atoms with E-state index < -0.39 is 12.1 Å². The van der Waals surface area contributed by atoms with E-state index in [2.05, 4.69) is 20.7 Å². The molecule has 1 aliphatic rings. The summed E-state index contributed by atoms with van der Waals surface area (Å²) in [6.07, 6.45) is 1.55. The zero-order valence-corrected chi connectivity index (χ0v) is 14.3. The molecule has 3 N–H and O–H groups in total. The van der Waals surface area contributed by atoms with Gasteiger partial charge in [-0.2, -0.15) is 5.10 Å². The molecule has 1 aliphatic carbocycles. The van der Waals surface area contributed by atoms with E-state index in [1.54, 1.807) is 24.1 Å². The van der Waals surface area contributed by atoms with Crippen molar-refractivity contribution in [3.63, 3.8) is 0 Å². The molecule has 0 bridgehead atoms. The van der Waals surface area contributed by atoms with Gasteiger partial charge in [0.05, 0.1) is 12.1 Å². The van der Waals surface area contributed by atoms with Gasteiger partial charge in [-0.25, -0.2) is 9.78 Å². The molecule has 7 heteroatoms. The molecule has 0 spiro atoms. The number of aliphatic hydroxyl groups excluding tert-OH is 1. The van der Waals surface area contributed by atoms with Gasteiger partial charge in [-0.1, -0.05) is 36.4 Å². The van der Waals surface area contributed by atoms with Crippen molar-refractivity contribution < 1.29 is 9.90 Å². The van der Waals surface area contributed by atoms with Crippen LogP contribution in [0.1, 0.15) is 17.2 Å². The summed E-state index contributed by atoms with van der Waals surface area (Å²) in [6, 6.07) is 14.3. The molecule has 2 atom stereocenters. The van der Waals surface area contributed by atoms with Crippen LogP contribution in [0.4, 0.5) is 10.5 Å². The highest BCUT2D eigenvalue weighted by molar-refractivity contribution is 5.90. The second-order valence-corrected chi connectivity index (χ2v) is 6.37. The van der Waals surface area contributed by atoms with Crippen molar-refractivity contribution in [1.82, 2.24) is 20.1 Å². The molecule has 4 rings (SSSR count). The molecule has 1 aromatic heterocycles. The Morgan fingerprint density at radius 1 is 1.23 bits per heavy atom. The predicted octanol–water partition coefficient (Wildman–Crippen LogP) is 2.26. The Hall–Kier alpha value is -3.19. The van der Waals surface area contributed by atoms with Gasteiger partial charge in [-0.15, -0.1) is 0 Å². The number of nitrogens with zero attached hydrogens (tertiary/aromatic N) is 3. The minimum Gasteiger partial charge on any atom is -0.390 e. The number of rotatable bonds is 3. The van der Waals surface area contributed by atoms with Gasteiger partial charge < -0.3 is 15.7 Å². The van der Waals surface area contributed by atoms with Gasteiger partial charge in [0, 0.05) is 24.7 Å². The van der Waals surface area contributed by atoms with Crippen LogP contribution in [-0.2, 0) is 13.5 Å². The summed E-state index contributed by atoms with van der Waals surface area (Å²) in [7, 11) is 1.80. The van der Waals surface area contributed by atoms with E-state index in [0.717, 1.165) is 16.7 Å². The number of aromatic nitrogens is 3. The molecule has 26 heavy (non-hydrogen) atoms. The fraction of sp³-hybridized carbons (Fsp3) is 0.211.